The first-order valence-corrected chi connectivity index (χ1v) is 7.63. The second-order valence-corrected chi connectivity index (χ2v) is 6.15. The number of furan rings is 1. The summed E-state index contributed by atoms with van der Waals surface area (Å²) in [7, 11) is -3.88. The molecule has 1 aromatic carbocycles. The van der Waals surface area contributed by atoms with Crippen molar-refractivity contribution in [1.82, 2.24) is 4.72 Å². The molecule has 0 saturated heterocycles. The molecule has 2 rings (SSSR count). The van der Waals surface area contributed by atoms with Gasteiger partial charge in [0.1, 0.15) is 11.8 Å². The maximum absolute atomic E-state index is 12.4. The highest BCUT2D eigenvalue weighted by atomic mass is 32.2. The van der Waals surface area contributed by atoms with Crippen LogP contribution >= 0.6 is 0 Å². The summed E-state index contributed by atoms with van der Waals surface area (Å²) >= 11 is 0. The van der Waals surface area contributed by atoms with Crippen LogP contribution in [0.15, 0.2) is 45.9 Å². The Labute approximate surface area is 122 Å². The second-order valence-electron chi connectivity index (χ2n) is 4.46. The molecule has 0 saturated carbocycles. The highest BCUT2D eigenvalue weighted by Gasteiger charge is 2.24. The van der Waals surface area contributed by atoms with Crippen LogP contribution in [0.3, 0.4) is 0 Å². The van der Waals surface area contributed by atoms with E-state index in [1.165, 1.54) is 12.3 Å². The topological polar surface area (TPSA) is 103 Å². The molecule has 7 heteroatoms. The molecule has 6 nitrogen and oxygen atoms in total. The number of hydrogen-bond donors (Lipinski definition) is 2. The van der Waals surface area contributed by atoms with Crippen LogP contribution in [0.25, 0.3) is 0 Å². The molecule has 1 atom stereocenters. The molecule has 21 heavy (non-hydrogen) atoms. The van der Waals surface area contributed by atoms with Crippen molar-refractivity contribution in [2.75, 3.05) is 6.61 Å². The van der Waals surface area contributed by atoms with Crippen LogP contribution in [0.1, 0.15) is 22.9 Å². The van der Waals surface area contributed by atoms with E-state index in [-0.39, 0.29) is 10.5 Å². The lowest BCUT2D eigenvalue weighted by Crippen LogP contribution is -2.31. The van der Waals surface area contributed by atoms with Crippen molar-refractivity contribution in [3.63, 3.8) is 0 Å². The van der Waals surface area contributed by atoms with Crippen LogP contribution in [0, 0.1) is 18.3 Å². The molecule has 1 aromatic heterocycles. The summed E-state index contributed by atoms with van der Waals surface area (Å²) in [6, 6.07) is 8.61. The average Bonchev–Trinajstić information content (AvgIpc) is 2.99. The number of benzene rings is 1. The summed E-state index contributed by atoms with van der Waals surface area (Å²) in [4.78, 5) is 0.00607. The Morgan fingerprint density at radius 3 is 2.76 bits per heavy atom. The van der Waals surface area contributed by atoms with Crippen LogP contribution in [0.2, 0.25) is 0 Å². The Balaban J connectivity index is 2.36. The third kappa shape index (κ3) is 3.31. The molecule has 0 spiro atoms. The number of nitrogens with zero attached hydrogens (tertiary/aromatic N) is 1. The predicted octanol–water partition coefficient (Wildman–Crippen LogP) is 1.47. The Morgan fingerprint density at radius 2 is 2.19 bits per heavy atom. The summed E-state index contributed by atoms with van der Waals surface area (Å²) in [5.74, 6) is 0.315. The van der Waals surface area contributed by atoms with Crippen molar-refractivity contribution in [3.05, 3.63) is 53.5 Å². The highest BCUT2D eigenvalue weighted by Crippen LogP contribution is 2.21. The lowest BCUT2D eigenvalue weighted by atomic mass is 10.2. The number of nitrogens with one attached hydrogen (secondary N) is 1. The van der Waals surface area contributed by atoms with Crippen molar-refractivity contribution in [2.45, 2.75) is 17.9 Å². The summed E-state index contributed by atoms with van der Waals surface area (Å²) in [6.07, 6.45) is 1.40. The Bertz CT molecular complexity index is 761. The number of sulfonamides is 1. The zero-order valence-electron chi connectivity index (χ0n) is 11.3. The van der Waals surface area contributed by atoms with Crippen LogP contribution in [0.5, 0.6) is 0 Å². The largest absolute Gasteiger partial charge is 0.468 e. The van der Waals surface area contributed by atoms with Crippen LogP contribution in [0.4, 0.5) is 0 Å². The van der Waals surface area contributed by atoms with E-state index in [1.54, 1.807) is 31.2 Å². The maximum Gasteiger partial charge on any atom is 0.241 e. The Morgan fingerprint density at radius 1 is 1.43 bits per heavy atom. The molecule has 0 fully saturated rings. The van der Waals surface area contributed by atoms with Crippen LogP contribution in [-0.4, -0.2) is 20.1 Å². The van der Waals surface area contributed by atoms with Crippen molar-refractivity contribution < 1.29 is 17.9 Å². The number of aliphatic hydroxyl groups is 1. The molecular weight excluding hydrogens is 292 g/mol. The molecule has 0 radical (unpaired) electrons. The van der Waals surface area contributed by atoms with E-state index in [1.807, 2.05) is 6.07 Å². The monoisotopic (exact) mass is 306 g/mol. The van der Waals surface area contributed by atoms with Gasteiger partial charge < -0.3 is 9.52 Å². The van der Waals surface area contributed by atoms with E-state index >= 15 is 0 Å². The molecule has 0 amide bonds. The molecule has 1 heterocycles. The van der Waals surface area contributed by atoms with E-state index in [0.29, 0.717) is 11.3 Å². The van der Waals surface area contributed by atoms with Gasteiger partial charge in [0, 0.05) is 0 Å². The minimum atomic E-state index is -3.88. The first-order valence-electron chi connectivity index (χ1n) is 6.15. The van der Waals surface area contributed by atoms with Gasteiger partial charge in [-0.1, -0.05) is 6.07 Å². The van der Waals surface area contributed by atoms with Gasteiger partial charge in [0.25, 0.3) is 0 Å². The van der Waals surface area contributed by atoms with Gasteiger partial charge in [-0.15, -0.1) is 0 Å². The van der Waals surface area contributed by atoms with E-state index in [2.05, 4.69) is 4.72 Å². The Kier molecular flexibility index (Phi) is 4.43. The number of aliphatic hydroxyl groups excluding tert-OH is 1. The zero-order valence-corrected chi connectivity index (χ0v) is 12.1. The summed E-state index contributed by atoms with van der Waals surface area (Å²) in [5.41, 5.74) is 0.761. The zero-order chi connectivity index (χ0) is 15.5. The van der Waals surface area contributed by atoms with E-state index < -0.39 is 22.7 Å². The van der Waals surface area contributed by atoms with Gasteiger partial charge in [-0.25, -0.2) is 8.42 Å². The third-order valence-corrected chi connectivity index (χ3v) is 4.59. The van der Waals surface area contributed by atoms with Gasteiger partial charge >= 0.3 is 0 Å². The highest BCUT2D eigenvalue weighted by molar-refractivity contribution is 7.89. The minimum absolute atomic E-state index is 0.00607. The molecule has 110 valence electrons. The molecule has 1 unspecified atom stereocenters. The number of nitriles is 1. The fourth-order valence-corrected chi connectivity index (χ4v) is 3.35. The molecule has 0 aliphatic rings. The number of hydrogen-bond acceptors (Lipinski definition) is 5. The van der Waals surface area contributed by atoms with Crippen LogP contribution < -0.4 is 4.72 Å². The quantitative estimate of drug-likeness (QED) is 0.870. The van der Waals surface area contributed by atoms with Gasteiger partial charge in [-0.3, -0.25) is 0 Å². The molecular formula is C14H14N2O4S. The van der Waals surface area contributed by atoms with Gasteiger partial charge in [0.05, 0.1) is 29.4 Å². The lowest BCUT2D eigenvalue weighted by molar-refractivity contribution is 0.242. The number of aryl methyl sites for hydroxylation is 1. The fourth-order valence-electron chi connectivity index (χ4n) is 1.88. The molecule has 2 N–H and O–H groups in total. The first kappa shape index (κ1) is 15.3. The molecule has 0 aliphatic heterocycles. The first-order chi connectivity index (χ1) is 9.97. The lowest BCUT2D eigenvalue weighted by Gasteiger charge is -2.15. The maximum atomic E-state index is 12.4. The van der Waals surface area contributed by atoms with E-state index in [0.717, 1.165) is 0 Å². The molecule has 2 aromatic rings. The van der Waals surface area contributed by atoms with Crippen LogP contribution in [-0.2, 0) is 10.0 Å². The standard InChI is InChI=1S/C14H14N2O4S/c1-10-4-5-11(8-15)7-14(10)21(18,19)16-12(9-17)13-3-2-6-20-13/h2-7,12,16-17H,9H2,1H3. The van der Waals surface area contributed by atoms with Gasteiger partial charge in [0.15, 0.2) is 0 Å². The van der Waals surface area contributed by atoms with Crippen molar-refractivity contribution >= 4 is 10.0 Å². The van der Waals surface area contributed by atoms with E-state index in [4.69, 9.17) is 9.68 Å². The van der Waals surface area contributed by atoms with Crippen molar-refractivity contribution in [2.24, 2.45) is 0 Å². The number of rotatable bonds is 5. The summed E-state index contributed by atoms with van der Waals surface area (Å²) in [5, 5.41) is 18.2. The SMILES string of the molecule is Cc1ccc(C#N)cc1S(=O)(=O)NC(CO)c1ccco1. The molecule has 0 bridgehead atoms. The van der Waals surface area contributed by atoms with Gasteiger partial charge in [-0.05, 0) is 36.8 Å². The second kappa shape index (κ2) is 6.10. The van der Waals surface area contributed by atoms with E-state index in [9.17, 15) is 13.5 Å². The third-order valence-electron chi connectivity index (χ3n) is 2.97. The Hall–Kier alpha value is -2.14. The average molecular weight is 306 g/mol. The fraction of sp³-hybridized carbons (Fsp3) is 0.214. The van der Waals surface area contributed by atoms with Gasteiger partial charge in [0.2, 0.25) is 10.0 Å². The summed E-state index contributed by atoms with van der Waals surface area (Å²) in [6.45, 7) is 1.19. The van der Waals surface area contributed by atoms with Crippen molar-refractivity contribution in [1.29, 1.82) is 5.26 Å². The minimum Gasteiger partial charge on any atom is -0.468 e. The molecule has 0 aliphatic carbocycles. The summed E-state index contributed by atoms with van der Waals surface area (Å²) < 4.78 is 32.3. The van der Waals surface area contributed by atoms with Gasteiger partial charge in [-0.2, -0.15) is 9.98 Å². The predicted molar refractivity (Wildman–Crippen MR) is 74.8 cm³/mol. The van der Waals surface area contributed by atoms with Crippen molar-refractivity contribution in [3.8, 4) is 6.07 Å². The smallest absolute Gasteiger partial charge is 0.241 e. The normalized spacial score (nSPS) is 12.8.